The van der Waals surface area contributed by atoms with E-state index in [-0.39, 0.29) is 0 Å². The topological polar surface area (TPSA) is 30.9 Å². The summed E-state index contributed by atoms with van der Waals surface area (Å²) in [4.78, 5) is 10.7. The van der Waals surface area contributed by atoms with Gasteiger partial charge in [-0.3, -0.25) is 4.99 Å². The molecule has 22 heavy (non-hydrogen) atoms. The molecule has 1 aromatic rings. The number of halogens is 1. The number of piperidine rings is 1. The van der Waals surface area contributed by atoms with Crippen LogP contribution in [0.3, 0.4) is 0 Å². The molecule has 0 radical (unpaired) electrons. The Bertz CT molecular complexity index is 488. The van der Waals surface area contributed by atoms with Gasteiger partial charge in [-0.25, -0.2) is 0 Å². The molecule has 0 spiro atoms. The molecule has 0 aromatic carbocycles. The van der Waals surface area contributed by atoms with Gasteiger partial charge in [-0.05, 0) is 51.4 Å². The predicted molar refractivity (Wildman–Crippen MR) is 97.0 cm³/mol. The lowest BCUT2D eigenvalue weighted by Gasteiger charge is -2.29. The first kappa shape index (κ1) is 17.6. The first-order chi connectivity index (χ1) is 10.6. The third-order valence-corrected chi connectivity index (χ3v) is 5.16. The molecule has 1 N–H and O–H groups in total. The van der Waals surface area contributed by atoms with Crippen molar-refractivity contribution in [3.05, 3.63) is 21.3 Å². The largest absolute Gasteiger partial charge is 0.357 e. The van der Waals surface area contributed by atoms with Crippen LogP contribution in [0.15, 0.2) is 17.1 Å². The molecule has 1 saturated heterocycles. The Labute approximate surface area is 143 Å². The number of rotatable bonds is 5. The van der Waals surface area contributed by atoms with Gasteiger partial charge in [0.2, 0.25) is 0 Å². The average molecular weight is 343 g/mol. The molecule has 1 atom stereocenters. The molecule has 1 aromatic heterocycles. The Balaban J connectivity index is 1.93. The number of hydrogen-bond acceptors (Lipinski definition) is 3. The molecule has 0 bridgehead atoms. The van der Waals surface area contributed by atoms with E-state index >= 15 is 0 Å². The molecule has 6 heteroatoms. The lowest BCUT2D eigenvalue weighted by molar-refractivity contribution is 0.214. The van der Waals surface area contributed by atoms with E-state index in [4.69, 9.17) is 16.6 Å². The SMILES string of the molecule is CCNC(=NCC1CCCN(C)C1)N(C)Cc1ccc(Cl)s1. The molecule has 0 aliphatic carbocycles. The number of thiophene rings is 1. The van der Waals surface area contributed by atoms with Gasteiger partial charge in [0.1, 0.15) is 0 Å². The molecular formula is C16H27ClN4S. The summed E-state index contributed by atoms with van der Waals surface area (Å²) in [6.07, 6.45) is 2.58. The fourth-order valence-corrected chi connectivity index (χ4v) is 3.99. The average Bonchev–Trinajstić information content (AvgIpc) is 2.88. The second-order valence-corrected chi connectivity index (χ2v) is 7.83. The summed E-state index contributed by atoms with van der Waals surface area (Å²) in [6, 6.07) is 4.04. The number of aliphatic imine (C=N–C) groups is 1. The number of guanidine groups is 1. The van der Waals surface area contributed by atoms with Gasteiger partial charge >= 0.3 is 0 Å². The molecule has 1 aliphatic rings. The van der Waals surface area contributed by atoms with Crippen molar-refractivity contribution in [2.75, 3.05) is 40.3 Å². The third-order valence-electron chi connectivity index (χ3n) is 3.94. The van der Waals surface area contributed by atoms with Gasteiger partial charge in [-0.1, -0.05) is 11.6 Å². The molecule has 1 aliphatic heterocycles. The van der Waals surface area contributed by atoms with Gasteiger partial charge in [0.05, 0.1) is 10.9 Å². The molecule has 4 nitrogen and oxygen atoms in total. The minimum atomic E-state index is 0.678. The van der Waals surface area contributed by atoms with Crippen LogP contribution < -0.4 is 5.32 Å². The molecular weight excluding hydrogens is 316 g/mol. The van der Waals surface area contributed by atoms with E-state index in [1.54, 1.807) is 11.3 Å². The number of hydrogen-bond donors (Lipinski definition) is 1. The van der Waals surface area contributed by atoms with Crippen LogP contribution in [-0.2, 0) is 6.54 Å². The first-order valence-corrected chi connectivity index (χ1v) is 9.20. The van der Waals surface area contributed by atoms with Crippen molar-refractivity contribution in [3.63, 3.8) is 0 Å². The van der Waals surface area contributed by atoms with Gasteiger partial charge in [-0.2, -0.15) is 0 Å². The van der Waals surface area contributed by atoms with Crippen molar-refractivity contribution in [1.82, 2.24) is 15.1 Å². The maximum absolute atomic E-state index is 6.01. The highest BCUT2D eigenvalue weighted by Crippen LogP contribution is 2.22. The first-order valence-electron chi connectivity index (χ1n) is 8.00. The molecule has 0 amide bonds. The summed E-state index contributed by atoms with van der Waals surface area (Å²) in [5.41, 5.74) is 0. The fraction of sp³-hybridized carbons (Fsp3) is 0.688. The third kappa shape index (κ3) is 5.45. The predicted octanol–water partition coefficient (Wildman–Crippen LogP) is 3.14. The Morgan fingerprint density at radius 3 is 3.00 bits per heavy atom. The van der Waals surface area contributed by atoms with Crippen molar-refractivity contribution in [1.29, 1.82) is 0 Å². The van der Waals surface area contributed by atoms with E-state index in [9.17, 15) is 0 Å². The van der Waals surface area contributed by atoms with Crippen LogP contribution >= 0.6 is 22.9 Å². The summed E-state index contributed by atoms with van der Waals surface area (Å²) in [5, 5.41) is 3.39. The molecule has 2 heterocycles. The fourth-order valence-electron chi connectivity index (χ4n) is 2.85. The van der Waals surface area contributed by atoms with Gasteiger partial charge in [0.15, 0.2) is 5.96 Å². The monoisotopic (exact) mass is 342 g/mol. The van der Waals surface area contributed by atoms with E-state index in [0.717, 1.165) is 36.5 Å². The summed E-state index contributed by atoms with van der Waals surface area (Å²) in [7, 11) is 4.29. The van der Waals surface area contributed by atoms with Crippen molar-refractivity contribution in [2.45, 2.75) is 26.3 Å². The Kier molecular flexibility index (Phi) is 6.99. The van der Waals surface area contributed by atoms with Crippen LogP contribution in [0.2, 0.25) is 4.34 Å². The lowest BCUT2D eigenvalue weighted by atomic mass is 9.99. The van der Waals surface area contributed by atoms with Gasteiger partial charge < -0.3 is 15.1 Å². The molecule has 1 unspecified atom stereocenters. The molecule has 0 saturated carbocycles. The summed E-state index contributed by atoms with van der Waals surface area (Å²) < 4.78 is 0.843. The highest BCUT2D eigenvalue weighted by Gasteiger charge is 2.17. The van der Waals surface area contributed by atoms with E-state index in [1.807, 2.05) is 6.07 Å². The Morgan fingerprint density at radius 1 is 1.55 bits per heavy atom. The zero-order valence-electron chi connectivity index (χ0n) is 13.8. The zero-order valence-corrected chi connectivity index (χ0v) is 15.4. The quantitative estimate of drug-likeness (QED) is 0.658. The Morgan fingerprint density at radius 2 is 2.36 bits per heavy atom. The van der Waals surface area contributed by atoms with Crippen LogP contribution in [0, 0.1) is 5.92 Å². The molecule has 1 fully saturated rings. The second-order valence-electron chi connectivity index (χ2n) is 6.03. The van der Waals surface area contributed by atoms with Crippen LogP contribution in [0.4, 0.5) is 0 Å². The van der Waals surface area contributed by atoms with Gasteiger partial charge in [0.25, 0.3) is 0 Å². The van der Waals surface area contributed by atoms with Crippen LogP contribution in [0.25, 0.3) is 0 Å². The highest BCUT2D eigenvalue weighted by molar-refractivity contribution is 7.16. The lowest BCUT2D eigenvalue weighted by Crippen LogP contribution is -2.39. The van der Waals surface area contributed by atoms with E-state index in [1.165, 1.54) is 24.3 Å². The van der Waals surface area contributed by atoms with Crippen molar-refractivity contribution in [2.24, 2.45) is 10.9 Å². The Hall–Kier alpha value is -0.780. The maximum atomic E-state index is 6.01. The van der Waals surface area contributed by atoms with Gasteiger partial charge in [-0.15, -0.1) is 11.3 Å². The van der Waals surface area contributed by atoms with Crippen molar-refractivity contribution >= 4 is 28.9 Å². The summed E-state index contributed by atoms with van der Waals surface area (Å²) in [6.45, 7) is 7.13. The molecule has 124 valence electrons. The minimum Gasteiger partial charge on any atom is -0.357 e. The standard InChI is InChI=1S/C16H27ClN4S/c1-4-18-16(19-10-13-6-5-9-20(2)11-13)21(3)12-14-7-8-15(17)22-14/h7-8,13H,4-6,9-12H2,1-3H3,(H,18,19). The van der Waals surface area contributed by atoms with Crippen molar-refractivity contribution in [3.8, 4) is 0 Å². The number of likely N-dealkylation sites (tertiary alicyclic amines) is 1. The zero-order chi connectivity index (χ0) is 15.9. The maximum Gasteiger partial charge on any atom is 0.193 e. The smallest absolute Gasteiger partial charge is 0.193 e. The van der Waals surface area contributed by atoms with Crippen LogP contribution in [0.1, 0.15) is 24.6 Å². The molecule has 2 rings (SSSR count). The van der Waals surface area contributed by atoms with E-state index in [0.29, 0.717) is 5.92 Å². The highest BCUT2D eigenvalue weighted by atomic mass is 35.5. The van der Waals surface area contributed by atoms with Crippen LogP contribution in [0.5, 0.6) is 0 Å². The normalized spacial score (nSPS) is 20.2. The van der Waals surface area contributed by atoms with E-state index < -0.39 is 0 Å². The summed E-state index contributed by atoms with van der Waals surface area (Å²) in [5.74, 6) is 1.66. The van der Waals surface area contributed by atoms with Gasteiger partial charge in [0, 0.05) is 31.6 Å². The number of nitrogens with one attached hydrogen (secondary N) is 1. The minimum absolute atomic E-state index is 0.678. The number of nitrogens with zero attached hydrogens (tertiary/aromatic N) is 3. The van der Waals surface area contributed by atoms with Crippen LogP contribution in [-0.4, -0.2) is 56.0 Å². The summed E-state index contributed by atoms with van der Waals surface area (Å²) >= 11 is 7.64. The van der Waals surface area contributed by atoms with Crippen molar-refractivity contribution < 1.29 is 0 Å². The second kappa shape index (κ2) is 8.75. The van der Waals surface area contributed by atoms with E-state index in [2.05, 4.69) is 42.2 Å².